The van der Waals surface area contributed by atoms with E-state index >= 15 is 0 Å². The summed E-state index contributed by atoms with van der Waals surface area (Å²) in [5.74, 6) is -2.51. The van der Waals surface area contributed by atoms with E-state index in [0.29, 0.717) is 12.2 Å². The molecule has 1 aliphatic heterocycles. The summed E-state index contributed by atoms with van der Waals surface area (Å²) in [6.45, 7) is 12.6. The largest absolute Gasteiger partial charge is 0.478 e. The van der Waals surface area contributed by atoms with E-state index in [4.69, 9.17) is 10.2 Å². The van der Waals surface area contributed by atoms with E-state index in [0.717, 1.165) is 6.54 Å². The van der Waals surface area contributed by atoms with Gasteiger partial charge in [0.25, 0.3) is 0 Å². The molecule has 6 nitrogen and oxygen atoms in total. The van der Waals surface area contributed by atoms with Crippen LogP contribution in [0.3, 0.4) is 0 Å². The monoisotopic (exact) mass is 348 g/mol. The van der Waals surface area contributed by atoms with Gasteiger partial charge in [-0.15, -0.1) is 0 Å². The Morgan fingerprint density at radius 3 is 1.80 bits per heavy atom. The number of hydrogen-bond donors (Lipinski definition) is 2. The zero-order chi connectivity index (χ0) is 19.0. The zero-order valence-corrected chi connectivity index (χ0v) is 15.5. The van der Waals surface area contributed by atoms with Crippen molar-refractivity contribution in [3.8, 4) is 0 Å². The molecule has 0 amide bonds. The first-order valence-corrected chi connectivity index (χ1v) is 8.30. The van der Waals surface area contributed by atoms with Crippen molar-refractivity contribution in [2.24, 2.45) is 0 Å². The number of hydrogen-bond acceptors (Lipinski definition) is 4. The lowest BCUT2D eigenvalue weighted by Crippen LogP contribution is -2.44. The van der Waals surface area contributed by atoms with Crippen molar-refractivity contribution < 1.29 is 19.8 Å². The smallest absolute Gasteiger partial charge is 0.328 e. The van der Waals surface area contributed by atoms with Crippen LogP contribution in [-0.2, 0) is 16.1 Å². The van der Waals surface area contributed by atoms with Crippen LogP contribution in [0.2, 0.25) is 0 Å². The van der Waals surface area contributed by atoms with Gasteiger partial charge in [0.15, 0.2) is 0 Å². The van der Waals surface area contributed by atoms with Crippen molar-refractivity contribution in [1.29, 1.82) is 0 Å². The Bertz CT molecular complexity index is 593. The van der Waals surface area contributed by atoms with E-state index < -0.39 is 11.9 Å². The van der Waals surface area contributed by atoms with E-state index in [1.54, 1.807) is 0 Å². The van der Waals surface area contributed by atoms with Crippen LogP contribution in [0.25, 0.3) is 0 Å². The molecule has 1 aliphatic rings. The van der Waals surface area contributed by atoms with Crippen LogP contribution in [0.5, 0.6) is 0 Å². The third-order valence-corrected chi connectivity index (χ3v) is 4.19. The second-order valence-electron chi connectivity index (χ2n) is 6.47. The SMILES string of the molecule is Cc1cc(C)c(CN2CCN(C)CC2)c(C)c1.O=C(O)/C=C\C(=O)O. The Morgan fingerprint density at radius 1 is 0.960 bits per heavy atom. The molecule has 1 aromatic carbocycles. The van der Waals surface area contributed by atoms with Crippen molar-refractivity contribution in [1.82, 2.24) is 9.80 Å². The minimum absolute atomic E-state index is 0.558. The van der Waals surface area contributed by atoms with Crippen LogP contribution in [0.1, 0.15) is 22.3 Å². The van der Waals surface area contributed by atoms with Crippen molar-refractivity contribution >= 4 is 11.9 Å². The lowest BCUT2D eigenvalue weighted by atomic mass is 9.99. The average Bonchev–Trinajstić information content (AvgIpc) is 2.51. The van der Waals surface area contributed by atoms with Gasteiger partial charge in [0.2, 0.25) is 0 Å². The van der Waals surface area contributed by atoms with Gasteiger partial charge in [-0.3, -0.25) is 4.90 Å². The lowest BCUT2D eigenvalue weighted by molar-refractivity contribution is -0.134. The normalized spacial score (nSPS) is 15.7. The highest BCUT2D eigenvalue weighted by Gasteiger charge is 2.15. The number of benzene rings is 1. The Morgan fingerprint density at radius 2 is 1.40 bits per heavy atom. The summed E-state index contributed by atoms with van der Waals surface area (Å²) in [5, 5.41) is 15.6. The first-order chi connectivity index (χ1) is 11.7. The molecule has 0 spiro atoms. The van der Waals surface area contributed by atoms with E-state index in [-0.39, 0.29) is 0 Å². The predicted octanol–water partition coefficient (Wildman–Crippen LogP) is 2.07. The number of carboxylic acid groups (broad SMARTS) is 2. The van der Waals surface area contributed by atoms with E-state index in [1.807, 2.05) is 0 Å². The summed E-state index contributed by atoms with van der Waals surface area (Å²) in [7, 11) is 2.21. The van der Waals surface area contributed by atoms with Gasteiger partial charge >= 0.3 is 11.9 Å². The van der Waals surface area contributed by atoms with Gasteiger partial charge in [-0.2, -0.15) is 0 Å². The summed E-state index contributed by atoms with van der Waals surface area (Å²) in [5.41, 5.74) is 5.80. The molecule has 2 rings (SSSR count). The number of likely N-dealkylation sites (N-methyl/N-ethyl adjacent to an activating group) is 1. The van der Waals surface area contributed by atoms with Crippen LogP contribution in [0.15, 0.2) is 24.3 Å². The third-order valence-electron chi connectivity index (χ3n) is 4.19. The van der Waals surface area contributed by atoms with Crippen LogP contribution in [-0.4, -0.2) is 65.2 Å². The first-order valence-electron chi connectivity index (χ1n) is 8.30. The molecular formula is C19H28N2O4. The van der Waals surface area contributed by atoms with E-state index in [1.165, 1.54) is 48.4 Å². The van der Waals surface area contributed by atoms with Crippen molar-refractivity contribution in [3.63, 3.8) is 0 Å². The molecule has 1 aromatic rings. The fourth-order valence-electron chi connectivity index (χ4n) is 2.83. The molecule has 0 bridgehead atoms. The highest BCUT2D eigenvalue weighted by molar-refractivity contribution is 5.89. The average molecular weight is 348 g/mol. The Balaban J connectivity index is 0.000000333. The summed E-state index contributed by atoms with van der Waals surface area (Å²) in [6.07, 6.45) is 1.12. The summed E-state index contributed by atoms with van der Waals surface area (Å²) in [6, 6.07) is 4.61. The molecule has 1 fully saturated rings. The van der Waals surface area contributed by atoms with Crippen LogP contribution in [0.4, 0.5) is 0 Å². The number of carboxylic acids is 2. The fraction of sp³-hybridized carbons (Fsp3) is 0.474. The molecule has 0 aromatic heterocycles. The van der Waals surface area contributed by atoms with Crippen molar-refractivity contribution in [3.05, 3.63) is 46.5 Å². The second kappa shape index (κ2) is 9.96. The van der Waals surface area contributed by atoms with E-state index in [9.17, 15) is 9.59 Å². The molecule has 0 atom stereocenters. The van der Waals surface area contributed by atoms with Gasteiger partial charge in [0.1, 0.15) is 0 Å². The summed E-state index contributed by atoms with van der Waals surface area (Å²) >= 11 is 0. The number of carbonyl (C=O) groups is 2. The molecule has 0 radical (unpaired) electrons. The maximum Gasteiger partial charge on any atom is 0.328 e. The Hall–Kier alpha value is -2.18. The highest BCUT2D eigenvalue weighted by Crippen LogP contribution is 2.19. The molecule has 0 aliphatic carbocycles. The van der Waals surface area contributed by atoms with Gasteiger partial charge in [0, 0.05) is 44.9 Å². The Kier molecular flexibility index (Phi) is 8.31. The van der Waals surface area contributed by atoms with Gasteiger partial charge in [-0.05, 0) is 44.5 Å². The number of aliphatic carboxylic acids is 2. The predicted molar refractivity (Wildman–Crippen MR) is 97.8 cm³/mol. The molecule has 2 N–H and O–H groups in total. The standard InChI is InChI=1S/C15H24N2.C4H4O4/c1-12-9-13(2)15(14(3)10-12)11-17-7-5-16(4)6-8-17;5-3(6)1-2-4(7)8/h9-10H,5-8,11H2,1-4H3;1-2H,(H,5,6)(H,7,8)/b;2-1-. The van der Waals surface area contributed by atoms with Crippen LogP contribution < -0.4 is 0 Å². The number of piperazine rings is 1. The van der Waals surface area contributed by atoms with Crippen molar-refractivity contribution in [2.75, 3.05) is 33.2 Å². The highest BCUT2D eigenvalue weighted by atomic mass is 16.4. The maximum absolute atomic E-state index is 9.55. The molecule has 0 unspecified atom stereocenters. The number of nitrogens with zero attached hydrogens (tertiary/aromatic N) is 2. The number of aryl methyl sites for hydroxylation is 3. The maximum atomic E-state index is 9.55. The second-order valence-corrected chi connectivity index (χ2v) is 6.47. The molecule has 0 saturated carbocycles. The van der Waals surface area contributed by atoms with Crippen LogP contribution >= 0.6 is 0 Å². The fourth-order valence-corrected chi connectivity index (χ4v) is 2.83. The summed E-state index contributed by atoms with van der Waals surface area (Å²) in [4.78, 5) is 24.1. The molecular weight excluding hydrogens is 320 g/mol. The first kappa shape index (κ1) is 20.9. The summed E-state index contributed by atoms with van der Waals surface area (Å²) < 4.78 is 0. The van der Waals surface area contributed by atoms with Gasteiger partial charge in [-0.25, -0.2) is 9.59 Å². The lowest BCUT2D eigenvalue weighted by Gasteiger charge is -2.33. The Labute approximate surface area is 149 Å². The molecule has 1 heterocycles. The molecule has 25 heavy (non-hydrogen) atoms. The third kappa shape index (κ3) is 7.96. The minimum Gasteiger partial charge on any atom is -0.478 e. The molecule has 1 saturated heterocycles. The quantitative estimate of drug-likeness (QED) is 0.811. The van der Waals surface area contributed by atoms with Crippen molar-refractivity contribution in [2.45, 2.75) is 27.3 Å². The van der Waals surface area contributed by atoms with Crippen LogP contribution in [0, 0.1) is 20.8 Å². The minimum atomic E-state index is -1.26. The van der Waals surface area contributed by atoms with E-state index in [2.05, 4.69) is 49.8 Å². The molecule has 138 valence electrons. The van der Waals surface area contributed by atoms with Gasteiger partial charge < -0.3 is 15.1 Å². The van der Waals surface area contributed by atoms with Gasteiger partial charge in [0.05, 0.1) is 0 Å². The zero-order valence-electron chi connectivity index (χ0n) is 15.5. The topological polar surface area (TPSA) is 81.1 Å². The van der Waals surface area contributed by atoms with Gasteiger partial charge in [-0.1, -0.05) is 17.7 Å². The molecule has 6 heteroatoms. The number of rotatable bonds is 4.